The molecule has 0 radical (unpaired) electrons. The van der Waals surface area contributed by atoms with Gasteiger partial charge in [-0.15, -0.1) is 0 Å². The summed E-state index contributed by atoms with van der Waals surface area (Å²) in [4.78, 5) is 34.6. The van der Waals surface area contributed by atoms with Crippen molar-refractivity contribution >= 4 is 19.6 Å². The highest BCUT2D eigenvalue weighted by molar-refractivity contribution is 7.47. The molecule has 54 heavy (non-hydrogen) atoms. The van der Waals surface area contributed by atoms with Gasteiger partial charge >= 0.3 is 13.8 Å². The second kappa shape index (κ2) is 36.6. The summed E-state index contributed by atoms with van der Waals surface area (Å²) in [6.45, 7) is 4.69. The van der Waals surface area contributed by atoms with E-state index in [1.807, 2.05) is 39.4 Å². The molecule has 0 bridgehead atoms. The van der Waals surface area contributed by atoms with Crippen LogP contribution in [0.25, 0.3) is 0 Å². The Labute approximate surface area is 331 Å². The van der Waals surface area contributed by atoms with Gasteiger partial charge in [-0.25, -0.2) is 4.57 Å². The van der Waals surface area contributed by atoms with Gasteiger partial charge in [-0.05, 0) is 76.4 Å². The molecular formula is C44H81NO8P+. The molecule has 1 N–H and O–H groups in total. The lowest BCUT2D eigenvalue weighted by molar-refractivity contribution is -0.870. The molecule has 0 spiro atoms. The van der Waals surface area contributed by atoms with Crippen molar-refractivity contribution < 1.29 is 42.1 Å². The summed E-state index contributed by atoms with van der Waals surface area (Å²) >= 11 is 0. The predicted molar refractivity (Wildman–Crippen MR) is 224 cm³/mol. The molecule has 0 aromatic carbocycles. The molecule has 2 atom stereocenters. The van der Waals surface area contributed by atoms with E-state index in [9.17, 15) is 19.0 Å². The number of phosphoric ester groups is 1. The maximum absolute atomic E-state index is 12.6. The summed E-state index contributed by atoms with van der Waals surface area (Å²) in [5.41, 5.74) is 0. The molecule has 0 aliphatic heterocycles. The Hall–Kier alpha value is -2.03. The van der Waals surface area contributed by atoms with Gasteiger partial charge in [0.25, 0.3) is 0 Å². The molecular weight excluding hydrogens is 701 g/mol. The number of carbonyl (C=O) groups excluding carboxylic acids is 2. The van der Waals surface area contributed by atoms with E-state index < -0.39 is 13.9 Å². The third-order valence-electron chi connectivity index (χ3n) is 8.90. The van der Waals surface area contributed by atoms with Crippen LogP contribution in [-0.2, 0) is 32.7 Å². The van der Waals surface area contributed by atoms with Crippen molar-refractivity contribution in [3.8, 4) is 0 Å². The van der Waals surface area contributed by atoms with Crippen LogP contribution in [0.4, 0.5) is 0 Å². The summed E-state index contributed by atoms with van der Waals surface area (Å²) in [5.74, 6) is -0.196. The number of hydrogen-bond acceptors (Lipinski definition) is 7. The van der Waals surface area contributed by atoms with Gasteiger partial charge in [0, 0.05) is 12.8 Å². The first kappa shape index (κ1) is 52.0. The number of rotatable bonds is 39. The summed E-state index contributed by atoms with van der Waals surface area (Å²) in [5, 5.41) is 0. The fourth-order valence-corrected chi connectivity index (χ4v) is 6.23. The average Bonchev–Trinajstić information content (AvgIpc) is 3.11. The smallest absolute Gasteiger partial charge is 0.472 e. The van der Waals surface area contributed by atoms with Gasteiger partial charge in [-0.1, -0.05) is 121 Å². The van der Waals surface area contributed by atoms with Crippen molar-refractivity contribution in [2.24, 2.45) is 0 Å². The van der Waals surface area contributed by atoms with E-state index in [-0.39, 0.29) is 38.0 Å². The van der Waals surface area contributed by atoms with Gasteiger partial charge in [0.1, 0.15) is 19.8 Å². The summed E-state index contributed by atoms with van der Waals surface area (Å²) in [6.07, 6.45) is 40.7. The molecule has 0 saturated carbocycles. The second-order valence-electron chi connectivity index (χ2n) is 15.5. The number of nitrogens with zero attached hydrogens (tertiary/aromatic N) is 1. The average molecular weight is 783 g/mol. The summed E-state index contributed by atoms with van der Waals surface area (Å²) in [6, 6.07) is 0. The van der Waals surface area contributed by atoms with Crippen molar-refractivity contribution in [1.29, 1.82) is 0 Å². The highest BCUT2D eigenvalue weighted by Crippen LogP contribution is 2.43. The Morgan fingerprint density at radius 1 is 0.630 bits per heavy atom. The lowest BCUT2D eigenvalue weighted by atomic mass is 10.1. The zero-order chi connectivity index (χ0) is 40.0. The van der Waals surface area contributed by atoms with Crippen LogP contribution >= 0.6 is 7.82 Å². The van der Waals surface area contributed by atoms with E-state index in [1.54, 1.807) is 12.3 Å². The van der Waals surface area contributed by atoms with Gasteiger partial charge in [0.2, 0.25) is 0 Å². The molecule has 0 fully saturated rings. The first-order valence-corrected chi connectivity index (χ1v) is 22.9. The molecule has 0 aliphatic carbocycles. The van der Waals surface area contributed by atoms with Crippen LogP contribution in [0.1, 0.15) is 168 Å². The largest absolute Gasteiger partial charge is 0.498 e. The van der Waals surface area contributed by atoms with E-state index in [0.29, 0.717) is 23.9 Å². The molecule has 9 nitrogen and oxygen atoms in total. The SMILES string of the molecule is CCCCCCCC/C=C\CCCCCC/C=C/OC[C@H](COP(=O)(O)OCC[N+](C)(C)C)OC(=O)CCCCCCC/C=C\C=C\C(=O)CCCCC. The normalized spacial score (nSPS) is 14.1. The Balaban J connectivity index is 4.40. The van der Waals surface area contributed by atoms with Crippen molar-refractivity contribution in [1.82, 2.24) is 0 Å². The lowest BCUT2D eigenvalue weighted by Crippen LogP contribution is -2.37. The predicted octanol–water partition coefficient (Wildman–Crippen LogP) is 11.9. The number of phosphoric acid groups is 1. The van der Waals surface area contributed by atoms with Crippen molar-refractivity contribution in [3.05, 3.63) is 48.8 Å². The number of carbonyl (C=O) groups is 2. The molecule has 0 amide bonds. The minimum Gasteiger partial charge on any atom is -0.498 e. The van der Waals surface area contributed by atoms with Crippen LogP contribution in [0.15, 0.2) is 48.8 Å². The number of likely N-dealkylation sites (N-methyl/N-ethyl adjacent to an activating group) is 1. The molecule has 0 aromatic rings. The van der Waals surface area contributed by atoms with Gasteiger partial charge in [0.05, 0.1) is 34.0 Å². The number of quaternary nitrogens is 1. The van der Waals surface area contributed by atoms with Gasteiger partial charge in [-0.3, -0.25) is 18.6 Å². The maximum atomic E-state index is 12.6. The zero-order valence-corrected chi connectivity index (χ0v) is 36.1. The van der Waals surface area contributed by atoms with Gasteiger partial charge in [-0.2, -0.15) is 0 Å². The Morgan fingerprint density at radius 3 is 1.76 bits per heavy atom. The minimum absolute atomic E-state index is 0.0158. The van der Waals surface area contributed by atoms with Crippen molar-refractivity contribution in [2.75, 3.05) is 47.5 Å². The molecule has 0 saturated heterocycles. The van der Waals surface area contributed by atoms with E-state index in [0.717, 1.165) is 70.6 Å². The van der Waals surface area contributed by atoms with E-state index in [4.69, 9.17) is 18.5 Å². The first-order valence-electron chi connectivity index (χ1n) is 21.4. The second-order valence-corrected chi connectivity index (χ2v) is 16.9. The van der Waals surface area contributed by atoms with Crippen LogP contribution in [0, 0.1) is 0 Å². The van der Waals surface area contributed by atoms with Crippen LogP contribution in [0.5, 0.6) is 0 Å². The number of unbranched alkanes of at least 4 members (excludes halogenated alkanes) is 18. The molecule has 10 heteroatoms. The van der Waals surface area contributed by atoms with Gasteiger partial charge in [0.15, 0.2) is 11.9 Å². The Morgan fingerprint density at radius 2 is 1.15 bits per heavy atom. The van der Waals surface area contributed by atoms with Gasteiger partial charge < -0.3 is 18.9 Å². The molecule has 0 aliphatic rings. The fourth-order valence-electron chi connectivity index (χ4n) is 5.49. The third kappa shape index (κ3) is 39.7. The topological polar surface area (TPSA) is 108 Å². The Bertz CT molecular complexity index is 1070. The van der Waals surface area contributed by atoms with Crippen LogP contribution in [0.3, 0.4) is 0 Å². The standard InChI is InChI=1S/C44H80NO8P/c1-6-8-10-11-12-13-14-15-16-17-18-19-23-26-29-33-38-50-40-43(41-52-54(48,49)51-39-37-45(3,4)5)53-44(47)36-32-28-25-22-20-21-24-27-31-35-42(46)34-30-9-7-2/h15-16,24,27,31,33,35,38,43H,6-14,17-23,25-26,28-30,32,34,36-37,39-41H2,1-5H3/p+1/b16-15-,27-24-,35-31+,38-33+/t43-/m1/s1. The lowest BCUT2D eigenvalue weighted by Gasteiger charge is -2.24. The highest BCUT2D eigenvalue weighted by atomic mass is 31.2. The molecule has 0 aromatic heterocycles. The molecule has 0 heterocycles. The van der Waals surface area contributed by atoms with Crippen LogP contribution in [-0.4, -0.2) is 74.7 Å². The van der Waals surface area contributed by atoms with E-state index in [1.165, 1.54) is 64.2 Å². The zero-order valence-electron chi connectivity index (χ0n) is 35.2. The number of ketones is 1. The third-order valence-corrected chi connectivity index (χ3v) is 9.89. The minimum atomic E-state index is -4.31. The number of hydrogen-bond donors (Lipinski definition) is 1. The molecule has 0 rings (SSSR count). The van der Waals surface area contributed by atoms with E-state index in [2.05, 4.69) is 32.1 Å². The quantitative estimate of drug-likeness (QED) is 0.00959. The van der Waals surface area contributed by atoms with Crippen molar-refractivity contribution in [2.45, 2.75) is 174 Å². The fraction of sp³-hybridized carbons (Fsp3) is 0.773. The summed E-state index contributed by atoms with van der Waals surface area (Å²) < 4.78 is 34.6. The number of allylic oxidation sites excluding steroid dienone is 7. The molecule has 314 valence electrons. The van der Waals surface area contributed by atoms with Crippen LogP contribution in [0.2, 0.25) is 0 Å². The summed E-state index contributed by atoms with van der Waals surface area (Å²) in [7, 11) is 1.57. The first-order chi connectivity index (χ1) is 26.0. The van der Waals surface area contributed by atoms with E-state index >= 15 is 0 Å². The number of esters is 1. The van der Waals surface area contributed by atoms with Crippen LogP contribution < -0.4 is 0 Å². The monoisotopic (exact) mass is 783 g/mol. The highest BCUT2D eigenvalue weighted by Gasteiger charge is 2.26. The number of ether oxygens (including phenoxy) is 2. The van der Waals surface area contributed by atoms with Crippen molar-refractivity contribution in [3.63, 3.8) is 0 Å². The Kier molecular flexibility index (Phi) is 35.2. The maximum Gasteiger partial charge on any atom is 0.472 e. The molecule has 1 unspecified atom stereocenters.